The summed E-state index contributed by atoms with van der Waals surface area (Å²) in [6.07, 6.45) is 2.07. The highest BCUT2D eigenvalue weighted by atomic mass is 16.1. The fraction of sp³-hybridized carbons (Fsp3) is 0.300. The number of rotatable bonds is 3. The average molecular weight is 319 g/mol. The predicted molar refractivity (Wildman–Crippen MR) is 96.1 cm³/mol. The first-order chi connectivity index (χ1) is 11.8. The third-order valence-corrected chi connectivity index (χ3v) is 4.85. The van der Waals surface area contributed by atoms with E-state index in [2.05, 4.69) is 40.2 Å². The van der Waals surface area contributed by atoms with Crippen LogP contribution in [0.25, 0.3) is 10.9 Å². The molecule has 1 fully saturated rings. The molecule has 122 valence electrons. The standard InChI is InChI=1S/C20H21N3O/c24-20-17-8-4-5-9-18(17)21-19(22-20)16-10-12-23(13-11-16)14-15-6-2-1-3-7-15/h1-9,16H,10-14H2,(H,21,22,24). The van der Waals surface area contributed by atoms with Gasteiger partial charge in [0.1, 0.15) is 5.82 Å². The minimum Gasteiger partial charge on any atom is -0.310 e. The summed E-state index contributed by atoms with van der Waals surface area (Å²) < 4.78 is 0. The molecule has 1 aliphatic rings. The Labute approximate surface area is 141 Å². The maximum absolute atomic E-state index is 12.2. The zero-order chi connectivity index (χ0) is 16.4. The summed E-state index contributed by atoms with van der Waals surface area (Å²) in [6, 6.07) is 18.1. The van der Waals surface area contributed by atoms with Gasteiger partial charge in [0.25, 0.3) is 5.56 Å². The van der Waals surface area contributed by atoms with Gasteiger partial charge in [-0.3, -0.25) is 9.69 Å². The van der Waals surface area contributed by atoms with E-state index in [1.54, 1.807) is 0 Å². The van der Waals surface area contributed by atoms with Crippen LogP contribution < -0.4 is 5.56 Å². The molecule has 1 saturated heterocycles. The molecule has 3 aromatic rings. The third kappa shape index (κ3) is 3.10. The normalized spacial score (nSPS) is 16.5. The van der Waals surface area contributed by atoms with Crippen molar-refractivity contribution >= 4 is 10.9 Å². The van der Waals surface area contributed by atoms with Gasteiger partial charge < -0.3 is 4.98 Å². The maximum Gasteiger partial charge on any atom is 0.258 e. The Kier molecular flexibility index (Phi) is 4.13. The second kappa shape index (κ2) is 6.57. The van der Waals surface area contributed by atoms with Crippen LogP contribution in [0.15, 0.2) is 59.4 Å². The highest BCUT2D eigenvalue weighted by molar-refractivity contribution is 5.77. The summed E-state index contributed by atoms with van der Waals surface area (Å²) in [7, 11) is 0. The smallest absolute Gasteiger partial charge is 0.258 e. The lowest BCUT2D eigenvalue weighted by atomic mass is 9.95. The SMILES string of the molecule is O=c1[nH]c(C2CCN(Cc3ccccc3)CC2)nc2ccccc12. The lowest BCUT2D eigenvalue weighted by molar-refractivity contribution is 0.202. The fourth-order valence-electron chi connectivity index (χ4n) is 3.50. The Hall–Kier alpha value is -2.46. The van der Waals surface area contributed by atoms with Gasteiger partial charge in [0.15, 0.2) is 0 Å². The van der Waals surface area contributed by atoms with Gasteiger partial charge >= 0.3 is 0 Å². The van der Waals surface area contributed by atoms with Crippen molar-refractivity contribution in [1.29, 1.82) is 0 Å². The zero-order valence-electron chi connectivity index (χ0n) is 13.6. The number of nitrogens with one attached hydrogen (secondary N) is 1. The molecular formula is C20H21N3O. The average Bonchev–Trinajstić information content (AvgIpc) is 2.63. The first-order valence-electron chi connectivity index (χ1n) is 8.55. The van der Waals surface area contributed by atoms with E-state index in [-0.39, 0.29) is 5.56 Å². The van der Waals surface area contributed by atoms with Gasteiger partial charge in [-0.25, -0.2) is 4.98 Å². The van der Waals surface area contributed by atoms with Gasteiger partial charge in [0.2, 0.25) is 0 Å². The molecule has 24 heavy (non-hydrogen) atoms. The first kappa shape index (κ1) is 15.1. The molecule has 0 atom stereocenters. The molecule has 0 aliphatic carbocycles. The van der Waals surface area contributed by atoms with Crippen molar-refractivity contribution < 1.29 is 0 Å². The molecule has 1 N–H and O–H groups in total. The number of piperidine rings is 1. The summed E-state index contributed by atoms with van der Waals surface area (Å²) in [5, 5.41) is 0.669. The van der Waals surface area contributed by atoms with E-state index in [1.807, 2.05) is 24.3 Å². The molecule has 2 heterocycles. The summed E-state index contributed by atoms with van der Waals surface area (Å²) in [5.74, 6) is 1.19. The number of aromatic nitrogens is 2. The quantitative estimate of drug-likeness (QED) is 0.806. The summed E-state index contributed by atoms with van der Waals surface area (Å²) in [5.41, 5.74) is 2.12. The van der Waals surface area contributed by atoms with E-state index in [4.69, 9.17) is 4.98 Å². The number of nitrogens with zero attached hydrogens (tertiary/aromatic N) is 2. The van der Waals surface area contributed by atoms with Gasteiger partial charge in [-0.05, 0) is 43.6 Å². The number of likely N-dealkylation sites (tertiary alicyclic amines) is 1. The van der Waals surface area contributed by atoms with Gasteiger partial charge in [-0.15, -0.1) is 0 Å². The fourth-order valence-corrected chi connectivity index (χ4v) is 3.50. The molecule has 0 spiro atoms. The number of fused-ring (bicyclic) bond motifs is 1. The molecule has 1 aromatic heterocycles. The Bertz CT molecular complexity index is 880. The van der Waals surface area contributed by atoms with Gasteiger partial charge in [0, 0.05) is 12.5 Å². The highest BCUT2D eigenvalue weighted by Gasteiger charge is 2.22. The molecule has 4 nitrogen and oxygen atoms in total. The predicted octanol–water partition coefficient (Wildman–Crippen LogP) is 3.30. The first-order valence-corrected chi connectivity index (χ1v) is 8.55. The van der Waals surface area contributed by atoms with E-state index in [0.29, 0.717) is 11.3 Å². The van der Waals surface area contributed by atoms with Crippen molar-refractivity contribution in [2.24, 2.45) is 0 Å². The number of benzene rings is 2. The number of hydrogen-bond acceptors (Lipinski definition) is 3. The number of hydrogen-bond donors (Lipinski definition) is 1. The monoisotopic (exact) mass is 319 g/mol. The molecular weight excluding hydrogens is 298 g/mol. The largest absolute Gasteiger partial charge is 0.310 e. The summed E-state index contributed by atoms with van der Waals surface area (Å²) in [4.78, 5) is 22.4. The van der Waals surface area contributed by atoms with Crippen LogP contribution >= 0.6 is 0 Å². The topological polar surface area (TPSA) is 49.0 Å². The Balaban J connectivity index is 1.47. The van der Waals surface area contributed by atoms with Crippen LogP contribution in [0.1, 0.15) is 30.1 Å². The highest BCUT2D eigenvalue weighted by Crippen LogP contribution is 2.26. The minimum atomic E-state index is -0.0256. The maximum atomic E-state index is 12.2. The summed E-state index contributed by atoms with van der Waals surface area (Å²) in [6.45, 7) is 3.07. The molecule has 0 amide bonds. The van der Waals surface area contributed by atoms with Crippen molar-refractivity contribution in [1.82, 2.24) is 14.9 Å². The second-order valence-electron chi connectivity index (χ2n) is 6.50. The van der Waals surface area contributed by atoms with E-state index < -0.39 is 0 Å². The van der Waals surface area contributed by atoms with Crippen LogP contribution in [0.5, 0.6) is 0 Å². The third-order valence-electron chi connectivity index (χ3n) is 4.85. The van der Waals surface area contributed by atoms with E-state index in [9.17, 15) is 4.79 Å². The van der Waals surface area contributed by atoms with Crippen molar-refractivity contribution in [3.8, 4) is 0 Å². The molecule has 0 unspecified atom stereocenters. The van der Waals surface area contributed by atoms with E-state index in [0.717, 1.165) is 43.8 Å². The molecule has 1 aliphatic heterocycles. The molecule has 0 saturated carbocycles. The number of aromatic amines is 1. The van der Waals surface area contributed by atoms with Crippen LogP contribution in [0, 0.1) is 0 Å². The molecule has 4 rings (SSSR count). The second-order valence-corrected chi connectivity index (χ2v) is 6.50. The van der Waals surface area contributed by atoms with Crippen LogP contribution in [-0.2, 0) is 6.54 Å². The van der Waals surface area contributed by atoms with Gasteiger partial charge in [-0.1, -0.05) is 42.5 Å². The van der Waals surface area contributed by atoms with Crippen LogP contribution in [0.2, 0.25) is 0 Å². The lowest BCUT2D eigenvalue weighted by Crippen LogP contribution is -2.33. The van der Waals surface area contributed by atoms with Crippen molar-refractivity contribution in [2.45, 2.75) is 25.3 Å². The number of H-pyrrole nitrogens is 1. The number of para-hydroxylation sites is 1. The lowest BCUT2D eigenvalue weighted by Gasteiger charge is -2.31. The van der Waals surface area contributed by atoms with Crippen LogP contribution in [0.3, 0.4) is 0 Å². The molecule has 0 radical (unpaired) electrons. The van der Waals surface area contributed by atoms with Crippen LogP contribution in [0.4, 0.5) is 0 Å². The van der Waals surface area contributed by atoms with Crippen molar-refractivity contribution in [3.05, 3.63) is 76.3 Å². The summed E-state index contributed by atoms with van der Waals surface area (Å²) >= 11 is 0. The van der Waals surface area contributed by atoms with Crippen molar-refractivity contribution in [3.63, 3.8) is 0 Å². The zero-order valence-corrected chi connectivity index (χ0v) is 13.6. The molecule has 4 heteroatoms. The van der Waals surface area contributed by atoms with Gasteiger partial charge in [0.05, 0.1) is 10.9 Å². The van der Waals surface area contributed by atoms with E-state index in [1.165, 1.54) is 5.56 Å². The van der Waals surface area contributed by atoms with Gasteiger partial charge in [-0.2, -0.15) is 0 Å². The Morgan fingerprint density at radius 2 is 1.71 bits per heavy atom. The Morgan fingerprint density at radius 3 is 2.50 bits per heavy atom. The van der Waals surface area contributed by atoms with Crippen molar-refractivity contribution in [2.75, 3.05) is 13.1 Å². The Morgan fingerprint density at radius 1 is 1.00 bits per heavy atom. The van der Waals surface area contributed by atoms with E-state index >= 15 is 0 Å². The minimum absolute atomic E-state index is 0.0256. The molecule has 0 bridgehead atoms. The molecule has 2 aromatic carbocycles. The van der Waals surface area contributed by atoms with Crippen LogP contribution in [-0.4, -0.2) is 28.0 Å².